The number of unbranched alkanes of at least 4 members (excludes halogenated alkanes) is 16. The third-order valence-corrected chi connectivity index (χ3v) is 9.95. The minimum atomic E-state index is -0.855. The van der Waals surface area contributed by atoms with E-state index in [2.05, 4.69) is 21.6 Å². The largest absolute Gasteiger partial charge is 0.331 e. The highest BCUT2D eigenvalue weighted by Crippen LogP contribution is 2.26. The van der Waals surface area contributed by atoms with Gasteiger partial charge in [0.2, 0.25) is 0 Å². The molecule has 0 spiro atoms. The molecule has 0 bridgehead atoms. The van der Waals surface area contributed by atoms with Gasteiger partial charge in [0, 0.05) is 67.0 Å². The number of methoxy groups -OCH3 is 6. The Bertz CT molecular complexity index is 417. The molecule has 0 rings (SSSR count). The summed E-state index contributed by atoms with van der Waals surface area (Å²) in [5, 5.41) is 0. The second kappa shape index (κ2) is 27.6. The second-order valence-corrected chi connectivity index (χ2v) is 12.8. The summed E-state index contributed by atoms with van der Waals surface area (Å²) >= 11 is 0. The maximum absolute atomic E-state index is 5.34. The van der Waals surface area contributed by atoms with E-state index in [-0.39, 0.29) is 0 Å². The van der Waals surface area contributed by atoms with E-state index in [1.807, 2.05) is 0 Å². The highest BCUT2D eigenvalue weighted by atomic mass is 33.1. The van der Waals surface area contributed by atoms with Gasteiger partial charge in [0.1, 0.15) is 0 Å². The number of hydrogen-bond donors (Lipinski definition) is 0. The lowest BCUT2D eigenvalue weighted by Gasteiger charge is -2.28. The highest BCUT2D eigenvalue weighted by Gasteiger charge is 2.29. The SMILES string of the molecule is COC(CCCCCCCCCCCSSCCCCCCCCCCCC(OC)(OC)OC)(OC)OC. The Morgan fingerprint density at radius 1 is 0.316 bits per heavy atom. The van der Waals surface area contributed by atoms with E-state index in [1.165, 1.54) is 114 Å². The fourth-order valence-corrected chi connectivity index (χ4v) is 7.00. The van der Waals surface area contributed by atoms with E-state index in [0.717, 1.165) is 25.7 Å². The van der Waals surface area contributed by atoms with Crippen molar-refractivity contribution < 1.29 is 28.4 Å². The summed E-state index contributed by atoms with van der Waals surface area (Å²) in [6.45, 7) is 0. The highest BCUT2D eigenvalue weighted by molar-refractivity contribution is 8.76. The van der Waals surface area contributed by atoms with Crippen molar-refractivity contribution in [1.82, 2.24) is 0 Å². The number of hydrogen-bond acceptors (Lipinski definition) is 8. The van der Waals surface area contributed by atoms with Gasteiger partial charge in [-0.15, -0.1) is 0 Å². The van der Waals surface area contributed by atoms with E-state index >= 15 is 0 Å². The molecule has 0 heterocycles. The van der Waals surface area contributed by atoms with E-state index in [0.29, 0.717) is 0 Å². The fraction of sp³-hybridized carbons (Fsp3) is 1.00. The molecule has 0 atom stereocenters. The molecule has 0 aliphatic rings. The molecule has 230 valence electrons. The smallest absolute Gasteiger partial charge is 0.282 e. The van der Waals surface area contributed by atoms with Gasteiger partial charge in [0.15, 0.2) is 0 Å². The van der Waals surface area contributed by atoms with Crippen LogP contribution in [0.5, 0.6) is 0 Å². The summed E-state index contributed by atoms with van der Waals surface area (Å²) in [6, 6.07) is 0. The lowest BCUT2D eigenvalue weighted by Crippen LogP contribution is -2.35. The molecular weight excluding hydrogens is 520 g/mol. The average Bonchev–Trinajstić information content (AvgIpc) is 2.96. The van der Waals surface area contributed by atoms with Crippen LogP contribution >= 0.6 is 21.6 Å². The van der Waals surface area contributed by atoms with Crippen molar-refractivity contribution in [3.05, 3.63) is 0 Å². The molecule has 0 aliphatic heterocycles. The molecule has 0 amide bonds. The van der Waals surface area contributed by atoms with Crippen LogP contribution < -0.4 is 0 Å². The summed E-state index contributed by atoms with van der Waals surface area (Å²) in [6.07, 6.45) is 25.2. The van der Waals surface area contributed by atoms with Gasteiger partial charge >= 0.3 is 0 Å². The molecule has 8 heteroatoms. The summed E-state index contributed by atoms with van der Waals surface area (Å²) < 4.78 is 32.1. The third kappa shape index (κ3) is 20.4. The van der Waals surface area contributed by atoms with Crippen LogP contribution in [0.2, 0.25) is 0 Å². The zero-order valence-electron chi connectivity index (χ0n) is 25.8. The maximum atomic E-state index is 5.34. The minimum Gasteiger partial charge on any atom is -0.331 e. The van der Waals surface area contributed by atoms with Crippen molar-refractivity contribution in [2.24, 2.45) is 0 Å². The molecular formula is C30H62O6S2. The van der Waals surface area contributed by atoms with Crippen LogP contribution in [-0.2, 0) is 28.4 Å². The quantitative estimate of drug-likeness (QED) is 0.0455. The van der Waals surface area contributed by atoms with Crippen LogP contribution in [0.3, 0.4) is 0 Å². The monoisotopic (exact) mass is 582 g/mol. The molecule has 0 radical (unpaired) electrons. The first-order valence-electron chi connectivity index (χ1n) is 15.1. The zero-order chi connectivity index (χ0) is 28.2. The molecule has 6 nitrogen and oxygen atoms in total. The predicted molar refractivity (Wildman–Crippen MR) is 165 cm³/mol. The van der Waals surface area contributed by atoms with E-state index < -0.39 is 11.9 Å². The van der Waals surface area contributed by atoms with Crippen LogP contribution in [0.15, 0.2) is 0 Å². The molecule has 0 unspecified atom stereocenters. The van der Waals surface area contributed by atoms with Gasteiger partial charge in [-0.2, -0.15) is 0 Å². The summed E-state index contributed by atoms with van der Waals surface area (Å²) in [5.41, 5.74) is 0. The van der Waals surface area contributed by atoms with Crippen molar-refractivity contribution in [3.63, 3.8) is 0 Å². The van der Waals surface area contributed by atoms with Gasteiger partial charge in [-0.1, -0.05) is 111 Å². The van der Waals surface area contributed by atoms with Crippen molar-refractivity contribution in [2.45, 2.75) is 140 Å². The molecule has 0 saturated heterocycles. The molecule has 0 saturated carbocycles. The molecule has 0 fully saturated rings. The molecule has 0 aliphatic carbocycles. The first-order valence-corrected chi connectivity index (χ1v) is 17.6. The minimum absolute atomic E-state index is 0.787. The molecule has 0 aromatic carbocycles. The molecule has 38 heavy (non-hydrogen) atoms. The Labute approximate surface area is 244 Å². The maximum Gasteiger partial charge on any atom is 0.282 e. The van der Waals surface area contributed by atoms with Gasteiger partial charge in [0.05, 0.1) is 0 Å². The Balaban J connectivity index is 3.25. The van der Waals surface area contributed by atoms with Crippen LogP contribution in [0.25, 0.3) is 0 Å². The van der Waals surface area contributed by atoms with Gasteiger partial charge in [-0.3, -0.25) is 0 Å². The Morgan fingerprint density at radius 2 is 0.526 bits per heavy atom. The fourth-order valence-electron chi connectivity index (χ4n) is 4.71. The Morgan fingerprint density at radius 3 is 0.763 bits per heavy atom. The van der Waals surface area contributed by atoms with Crippen LogP contribution in [0.4, 0.5) is 0 Å². The summed E-state index contributed by atoms with van der Waals surface area (Å²) in [4.78, 5) is 0. The number of ether oxygens (including phenoxy) is 6. The lowest BCUT2D eigenvalue weighted by molar-refractivity contribution is -0.355. The van der Waals surface area contributed by atoms with Crippen LogP contribution in [0, 0.1) is 0 Å². The lowest BCUT2D eigenvalue weighted by atomic mass is 10.1. The van der Waals surface area contributed by atoms with E-state index in [4.69, 9.17) is 28.4 Å². The van der Waals surface area contributed by atoms with Crippen molar-refractivity contribution in [3.8, 4) is 0 Å². The number of rotatable bonds is 31. The molecule has 0 N–H and O–H groups in total. The van der Waals surface area contributed by atoms with Gasteiger partial charge in [-0.25, -0.2) is 0 Å². The first kappa shape index (κ1) is 38.5. The normalized spacial score (nSPS) is 12.5. The van der Waals surface area contributed by atoms with Gasteiger partial charge < -0.3 is 28.4 Å². The van der Waals surface area contributed by atoms with Crippen LogP contribution in [-0.4, -0.2) is 66.1 Å². The zero-order valence-corrected chi connectivity index (χ0v) is 27.5. The Hall–Kier alpha value is 0.460. The summed E-state index contributed by atoms with van der Waals surface area (Å²) in [5.74, 6) is 0.912. The van der Waals surface area contributed by atoms with Crippen molar-refractivity contribution in [1.29, 1.82) is 0 Å². The van der Waals surface area contributed by atoms with Crippen molar-refractivity contribution in [2.75, 3.05) is 54.2 Å². The Kier molecular flexibility index (Phi) is 28.0. The first-order chi connectivity index (χ1) is 18.6. The van der Waals surface area contributed by atoms with E-state index in [9.17, 15) is 0 Å². The molecule has 0 aromatic rings. The van der Waals surface area contributed by atoms with Gasteiger partial charge in [-0.05, 0) is 25.7 Å². The van der Waals surface area contributed by atoms with Gasteiger partial charge in [0.25, 0.3) is 11.9 Å². The summed E-state index contributed by atoms with van der Waals surface area (Å²) in [7, 11) is 14.0. The molecule has 0 aromatic heterocycles. The third-order valence-electron chi connectivity index (χ3n) is 7.37. The topological polar surface area (TPSA) is 55.4 Å². The second-order valence-electron chi connectivity index (χ2n) is 10.1. The van der Waals surface area contributed by atoms with Crippen LogP contribution in [0.1, 0.15) is 128 Å². The standard InChI is InChI=1S/C30H62O6S2/c1-31-29(32-2,33-3)25-21-17-13-9-7-11-15-19-23-27-37-38-28-24-20-16-12-8-10-14-18-22-26-30(34-4,35-5)36-6/h7-28H2,1-6H3. The van der Waals surface area contributed by atoms with E-state index in [1.54, 1.807) is 42.7 Å². The average molecular weight is 583 g/mol. The van der Waals surface area contributed by atoms with Crippen molar-refractivity contribution >= 4 is 21.6 Å². The predicted octanol–water partition coefficient (Wildman–Crippen LogP) is 9.36.